The minimum atomic E-state index is 0.0838. The lowest BCUT2D eigenvalue weighted by atomic mass is 10.1. The van der Waals surface area contributed by atoms with Crippen molar-refractivity contribution >= 4 is 22.9 Å². The lowest BCUT2D eigenvalue weighted by Crippen LogP contribution is -2.30. The number of aromatic nitrogens is 3. The van der Waals surface area contributed by atoms with Crippen LogP contribution in [0.5, 0.6) is 0 Å². The predicted octanol–water partition coefficient (Wildman–Crippen LogP) is 4.51. The van der Waals surface area contributed by atoms with E-state index in [1.165, 1.54) is 16.2 Å². The molecule has 0 bridgehead atoms. The molecule has 0 spiro atoms. The van der Waals surface area contributed by atoms with Gasteiger partial charge in [-0.3, -0.25) is 9.69 Å². The number of hydrogen-bond donors (Lipinski definition) is 1. The minimum absolute atomic E-state index is 0.0838. The van der Waals surface area contributed by atoms with E-state index in [4.69, 9.17) is 10.1 Å². The van der Waals surface area contributed by atoms with Gasteiger partial charge in [-0.25, -0.2) is 9.50 Å². The Morgan fingerprint density at radius 2 is 2.10 bits per heavy atom. The molecule has 1 atom stereocenters. The number of nitrogens with one attached hydrogen (secondary N) is 1. The van der Waals surface area contributed by atoms with Crippen molar-refractivity contribution in [3.05, 3.63) is 50.6 Å². The number of carbonyl (C=O) groups excluding carboxylic acids is 1. The van der Waals surface area contributed by atoms with Gasteiger partial charge >= 0.3 is 0 Å². The van der Waals surface area contributed by atoms with Crippen molar-refractivity contribution in [2.24, 2.45) is 0 Å². The minimum Gasteiger partial charge on any atom is -0.354 e. The van der Waals surface area contributed by atoms with Crippen LogP contribution in [0.2, 0.25) is 0 Å². The molecule has 1 aliphatic rings. The van der Waals surface area contributed by atoms with Crippen molar-refractivity contribution in [1.82, 2.24) is 24.8 Å². The maximum Gasteiger partial charge on any atom is 0.220 e. The third-order valence-electron chi connectivity index (χ3n) is 6.09. The Morgan fingerprint density at radius 1 is 1.29 bits per heavy atom. The number of amides is 1. The third kappa shape index (κ3) is 4.83. The van der Waals surface area contributed by atoms with Gasteiger partial charge in [0, 0.05) is 46.2 Å². The van der Waals surface area contributed by atoms with E-state index in [0.29, 0.717) is 18.9 Å². The first-order valence-corrected chi connectivity index (χ1v) is 12.1. The van der Waals surface area contributed by atoms with Gasteiger partial charge in [0.05, 0.1) is 11.7 Å². The van der Waals surface area contributed by atoms with Crippen LogP contribution in [-0.2, 0) is 17.8 Å². The van der Waals surface area contributed by atoms with Gasteiger partial charge in [0.2, 0.25) is 5.91 Å². The van der Waals surface area contributed by atoms with Crippen molar-refractivity contribution in [3.63, 3.8) is 0 Å². The summed E-state index contributed by atoms with van der Waals surface area (Å²) in [6.45, 7) is 12.4. The molecule has 31 heavy (non-hydrogen) atoms. The molecule has 7 heteroatoms. The van der Waals surface area contributed by atoms with Crippen LogP contribution in [0.3, 0.4) is 0 Å². The van der Waals surface area contributed by atoms with E-state index >= 15 is 0 Å². The first-order valence-electron chi connectivity index (χ1n) is 11.3. The zero-order valence-corrected chi connectivity index (χ0v) is 20.1. The Balaban J connectivity index is 1.56. The summed E-state index contributed by atoms with van der Waals surface area (Å²) >= 11 is 1.88. The van der Waals surface area contributed by atoms with Crippen LogP contribution in [0, 0.1) is 20.8 Å². The monoisotopic (exact) mass is 439 g/mol. The summed E-state index contributed by atoms with van der Waals surface area (Å²) in [5.74, 6) is 0.0838. The highest BCUT2D eigenvalue weighted by atomic mass is 32.1. The SMILES string of the molecule is Cc1ccc(CN2CCC[C@H]2c2cc3nc(C)c(CCC(=O)NC(C)C)c(C)n3n2)s1. The average molecular weight is 440 g/mol. The van der Waals surface area contributed by atoms with Gasteiger partial charge in [0.15, 0.2) is 5.65 Å². The van der Waals surface area contributed by atoms with Gasteiger partial charge in [-0.15, -0.1) is 11.3 Å². The molecule has 1 saturated heterocycles. The van der Waals surface area contributed by atoms with Crippen LogP contribution in [0.15, 0.2) is 18.2 Å². The number of hydrogen-bond acceptors (Lipinski definition) is 5. The smallest absolute Gasteiger partial charge is 0.220 e. The van der Waals surface area contributed by atoms with E-state index in [1.807, 2.05) is 36.6 Å². The number of fused-ring (bicyclic) bond motifs is 1. The second kappa shape index (κ2) is 9.09. The fourth-order valence-corrected chi connectivity index (χ4v) is 5.54. The second-order valence-corrected chi connectivity index (χ2v) is 10.3. The Hall–Kier alpha value is -2.25. The molecule has 3 aromatic heterocycles. The molecule has 4 heterocycles. The number of likely N-dealkylation sites (tertiary alicyclic amines) is 1. The van der Waals surface area contributed by atoms with Crippen molar-refractivity contribution in [2.75, 3.05) is 6.54 Å². The number of rotatable bonds is 7. The van der Waals surface area contributed by atoms with Crippen LogP contribution >= 0.6 is 11.3 Å². The molecule has 0 aliphatic carbocycles. The van der Waals surface area contributed by atoms with Gasteiger partial charge in [0.1, 0.15) is 0 Å². The predicted molar refractivity (Wildman–Crippen MR) is 126 cm³/mol. The van der Waals surface area contributed by atoms with E-state index in [9.17, 15) is 4.79 Å². The van der Waals surface area contributed by atoms with E-state index in [-0.39, 0.29) is 11.9 Å². The largest absolute Gasteiger partial charge is 0.354 e. The van der Waals surface area contributed by atoms with E-state index < -0.39 is 0 Å². The molecular weight excluding hydrogens is 406 g/mol. The molecule has 6 nitrogen and oxygen atoms in total. The second-order valence-electron chi connectivity index (χ2n) is 8.96. The quantitative estimate of drug-likeness (QED) is 0.588. The van der Waals surface area contributed by atoms with Crippen molar-refractivity contribution in [2.45, 2.75) is 78.9 Å². The standard InChI is InChI=1S/C24H33N5OS/c1-15(2)25-24(30)11-10-20-17(4)26-23-13-21(27-29(23)18(20)5)22-7-6-12-28(22)14-19-9-8-16(3)31-19/h8-9,13,15,22H,6-7,10-12,14H2,1-5H3,(H,25,30)/t22-/m0/s1. The van der Waals surface area contributed by atoms with Gasteiger partial charge in [-0.2, -0.15) is 5.10 Å². The Kier molecular flexibility index (Phi) is 6.44. The summed E-state index contributed by atoms with van der Waals surface area (Å²) in [6, 6.07) is 7.10. The topological polar surface area (TPSA) is 62.5 Å². The fraction of sp³-hybridized carbons (Fsp3) is 0.542. The summed E-state index contributed by atoms with van der Waals surface area (Å²) in [4.78, 5) is 22.3. The van der Waals surface area contributed by atoms with Crippen LogP contribution in [0.4, 0.5) is 0 Å². The number of nitrogens with zero attached hydrogens (tertiary/aromatic N) is 4. The highest BCUT2D eigenvalue weighted by molar-refractivity contribution is 7.11. The normalized spacial score (nSPS) is 17.2. The first-order chi connectivity index (χ1) is 14.8. The third-order valence-corrected chi connectivity index (χ3v) is 7.08. The zero-order valence-electron chi connectivity index (χ0n) is 19.2. The van der Waals surface area contributed by atoms with E-state index in [1.54, 1.807) is 0 Å². The van der Waals surface area contributed by atoms with Gasteiger partial charge in [-0.05, 0) is 78.1 Å². The highest BCUT2D eigenvalue weighted by Crippen LogP contribution is 2.34. The summed E-state index contributed by atoms with van der Waals surface area (Å²) in [5, 5.41) is 7.95. The van der Waals surface area contributed by atoms with Crippen LogP contribution < -0.4 is 5.32 Å². The van der Waals surface area contributed by atoms with Crippen molar-refractivity contribution in [3.8, 4) is 0 Å². The summed E-state index contributed by atoms with van der Waals surface area (Å²) in [7, 11) is 0. The number of aryl methyl sites for hydroxylation is 3. The molecule has 1 fully saturated rings. The highest BCUT2D eigenvalue weighted by Gasteiger charge is 2.29. The average Bonchev–Trinajstić information content (AvgIpc) is 3.41. The number of thiophene rings is 1. The Morgan fingerprint density at radius 3 is 2.81 bits per heavy atom. The molecule has 0 radical (unpaired) electrons. The molecule has 1 N–H and O–H groups in total. The fourth-order valence-electron chi connectivity index (χ4n) is 4.62. The van der Waals surface area contributed by atoms with Gasteiger partial charge in [0.25, 0.3) is 0 Å². The molecule has 0 aromatic carbocycles. The lowest BCUT2D eigenvalue weighted by Gasteiger charge is -2.22. The Bertz CT molecular complexity index is 1080. The van der Waals surface area contributed by atoms with Gasteiger partial charge < -0.3 is 5.32 Å². The van der Waals surface area contributed by atoms with Gasteiger partial charge in [-0.1, -0.05) is 0 Å². The van der Waals surface area contributed by atoms with Crippen molar-refractivity contribution < 1.29 is 4.79 Å². The molecule has 4 rings (SSSR count). The Labute approximate surface area is 188 Å². The van der Waals surface area contributed by atoms with Crippen LogP contribution in [-0.4, -0.2) is 38.0 Å². The van der Waals surface area contributed by atoms with Crippen LogP contribution in [0.1, 0.15) is 71.6 Å². The molecule has 1 aliphatic heterocycles. The first kappa shape index (κ1) is 22.0. The van der Waals surface area contributed by atoms with E-state index in [2.05, 4.69) is 42.3 Å². The molecule has 166 valence electrons. The molecular formula is C24H33N5OS. The maximum absolute atomic E-state index is 12.1. The summed E-state index contributed by atoms with van der Waals surface area (Å²) < 4.78 is 1.98. The number of carbonyl (C=O) groups is 1. The maximum atomic E-state index is 12.1. The van der Waals surface area contributed by atoms with E-state index in [0.717, 1.165) is 47.8 Å². The van der Waals surface area contributed by atoms with Crippen molar-refractivity contribution in [1.29, 1.82) is 0 Å². The molecule has 0 unspecified atom stereocenters. The van der Waals surface area contributed by atoms with Crippen LogP contribution in [0.25, 0.3) is 5.65 Å². The summed E-state index contributed by atoms with van der Waals surface area (Å²) in [5.41, 5.74) is 5.21. The molecule has 1 amide bonds. The molecule has 3 aromatic rings. The lowest BCUT2D eigenvalue weighted by molar-refractivity contribution is -0.121. The zero-order chi connectivity index (χ0) is 22.1. The molecule has 0 saturated carbocycles. The summed E-state index contributed by atoms with van der Waals surface area (Å²) in [6.07, 6.45) is 3.48.